The number of aromatic nitrogens is 1. The second kappa shape index (κ2) is 6.87. The first-order valence-electron chi connectivity index (χ1n) is 7.06. The van der Waals surface area contributed by atoms with Gasteiger partial charge in [-0.15, -0.1) is 0 Å². The topological polar surface area (TPSA) is 67.3 Å². The van der Waals surface area contributed by atoms with E-state index in [1.165, 1.54) is 0 Å². The molecule has 7 heteroatoms. The first kappa shape index (κ1) is 16.4. The number of unbranched alkanes of at least 4 members (excludes halogenated alkanes) is 1. The van der Waals surface area contributed by atoms with Crippen LogP contribution < -0.4 is 0 Å². The molecule has 1 aliphatic rings. The molecule has 0 bridgehead atoms. The highest BCUT2D eigenvalue weighted by molar-refractivity contribution is 9.10. The average molecular weight is 375 g/mol. The number of hydrogen-bond donors (Lipinski definition) is 0. The van der Waals surface area contributed by atoms with E-state index in [9.17, 15) is 13.2 Å². The maximum atomic E-state index is 12.6. The smallest absolute Gasteiger partial charge is 0.272 e. The summed E-state index contributed by atoms with van der Waals surface area (Å²) in [4.78, 5) is 18.4. The number of carbonyl (C=O) groups is 1. The number of rotatable bonds is 5. The van der Waals surface area contributed by atoms with Crippen LogP contribution in [0.1, 0.15) is 36.7 Å². The van der Waals surface area contributed by atoms with Crippen molar-refractivity contribution in [3.05, 3.63) is 28.5 Å². The third kappa shape index (κ3) is 4.26. The van der Waals surface area contributed by atoms with E-state index >= 15 is 0 Å². The normalized spacial score (nSPS) is 20.4. The monoisotopic (exact) mass is 374 g/mol. The fourth-order valence-electron chi connectivity index (χ4n) is 2.45. The minimum absolute atomic E-state index is 0.0684. The van der Waals surface area contributed by atoms with Crippen LogP contribution in [0.25, 0.3) is 0 Å². The molecule has 2 heterocycles. The Morgan fingerprint density at radius 2 is 2.24 bits per heavy atom. The highest BCUT2D eigenvalue weighted by atomic mass is 79.9. The van der Waals surface area contributed by atoms with Crippen molar-refractivity contribution in [2.24, 2.45) is 0 Å². The molecule has 0 saturated carbocycles. The SMILES string of the molecule is CCCCN(C(=O)c1ccc(Br)cn1)C1CCS(=O)(=O)C1. The molecule has 0 radical (unpaired) electrons. The zero-order chi connectivity index (χ0) is 15.5. The van der Waals surface area contributed by atoms with Crippen molar-refractivity contribution >= 4 is 31.7 Å². The van der Waals surface area contributed by atoms with Crippen molar-refractivity contribution in [1.29, 1.82) is 0 Å². The highest BCUT2D eigenvalue weighted by Gasteiger charge is 2.34. The summed E-state index contributed by atoms with van der Waals surface area (Å²) in [5.41, 5.74) is 0.360. The number of pyridine rings is 1. The lowest BCUT2D eigenvalue weighted by atomic mass is 10.1. The molecule has 1 amide bonds. The Hall–Kier alpha value is -0.950. The summed E-state index contributed by atoms with van der Waals surface area (Å²) >= 11 is 3.29. The number of sulfone groups is 1. The van der Waals surface area contributed by atoms with Crippen molar-refractivity contribution in [2.75, 3.05) is 18.1 Å². The minimum atomic E-state index is -3.01. The van der Waals surface area contributed by atoms with E-state index in [1.807, 2.05) is 6.92 Å². The summed E-state index contributed by atoms with van der Waals surface area (Å²) < 4.78 is 24.1. The van der Waals surface area contributed by atoms with Crippen LogP contribution in [0.15, 0.2) is 22.8 Å². The molecule has 1 aromatic rings. The zero-order valence-electron chi connectivity index (χ0n) is 12.0. The van der Waals surface area contributed by atoms with Crippen molar-refractivity contribution in [1.82, 2.24) is 9.88 Å². The predicted octanol–water partition coefficient (Wildman–Crippen LogP) is 2.27. The zero-order valence-corrected chi connectivity index (χ0v) is 14.4. The van der Waals surface area contributed by atoms with E-state index in [-0.39, 0.29) is 23.5 Å². The highest BCUT2D eigenvalue weighted by Crippen LogP contribution is 2.20. The van der Waals surface area contributed by atoms with Crippen molar-refractivity contribution < 1.29 is 13.2 Å². The third-order valence-corrected chi connectivity index (χ3v) is 5.83. The van der Waals surface area contributed by atoms with Crippen molar-refractivity contribution in [3.63, 3.8) is 0 Å². The minimum Gasteiger partial charge on any atom is -0.333 e. The molecule has 0 spiro atoms. The molecule has 1 aromatic heterocycles. The van der Waals surface area contributed by atoms with Crippen LogP contribution in [0, 0.1) is 0 Å². The largest absolute Gasteiger partial charge is 0.333 e. The number of halogens is 1. The molecule has 0 aromatic carbocycles. The molecule has 0 aliphatic carbocycles. The van der Waals surface area contributed by atoms with Gasteiger partial charge in [0.2, 0.25) is 0 Å². The number of amides is 1. The van der Waals surface area contributed by atoms with Gasteiger partial charge < -0.3 is 4.90 Å². The Balaban J connectivity index is 2.19. The van der Waals surface area contributed by atoms with Gasteiger partial charge in [-0.25, -0.2) is 13.4 Å². The summed E-state index contributed by atoms with van der Waals surface area (Å²) in [7, 11) is -3.01. The number of carbonyl (C=O) groups excluding carboxylic acids is 1. The van der Waals surface area contributed by atoms with E-state index < -0.39 is 9.84 Å². The molecule has 2 rings (SSSR count). The summed E-state index contributed by atoms with van der Waals surface area (Å²) in [5.74, 6) is 0.0541. The Kier molecular flexibility index (Phi) is 5.37. The Bertz CT molecular complexity index is 601. The molecule has 21 heavy (non-hydrogen) atoms. The molecule has 1 fully saturated rings. The van der Waals surface area contributed by atoms with E-state index in [4.69, 9.17) is 0 Å². The quantitative estimate of drug-likeness (QED) is 0.792. The van der Waals surface area contributed by atoms with Crippen LogP contribution in [0.5, 0.6) is 0 Å². The first-order chi connectivity index (χ1) is 9.93. The second-order valence-corrected chi connectivity index (χ2v) is 8.42. The maximum Gasteiger partial charge on any atom is 0.272 e. The standard InChI is InChI=1S/C14H19BrN2O3S/c1-2-3-7-17(12-6-8-21(19,20)10-12)14(18)13-5-4-11(15)9-16-13/h4-5,9,12H,2-3,6-8,10H2,1H3. The maximum absolute atomic E-state index is 12.6. The van der Waals surface area contributed by atoms with Gasteiger partial charge in [-0.3, -0.25) is 4.79 Å². The van der Waals surface area contributed by atoms with Gasteiger partial charge in [-0.05, 0) is 40.9 Å². The molecule has 1 unspecified atom stereocenters. The molecule has 1 saturated heterocycles. The number of nitrogens with zero attached hydrogens (tertiary/aromatic N) is 2. The van der Waals surface area contributed by atoms with Crippen molar-refractivity contribution in [2.45, 2.75) is 32.2 Å². The van der Waals surface area contributed by atoms with E-state index in [0.717, 1.165) is 17.3 Å². The van der Waals surface area contributed by atoms with Gasteiger partial charge in [0.25, 0.3) is 5.91 Å². The van der Waals surface area contributed by atoms with Crippen LogP contribution in [0.4, 0.5) is 0 Å². The lowest BCUT2D eigenvalue weighted by molar-refractivity contribution is 0.0688. The van der Waals surface area contributed by atoms with Crippen LogP contribution in [-0.2, 0) is 9.84 Å². The van der Waals surface area contributed by atoms with Crippen LogP contribution in [0.3, 0.4) is 0 Å². The lowest BCUT2D eigenvalue weighted by Crippen LogP contribution is -2.42. The third-order valence-electron chi connectivity index (χ3n) is 3.61. The van der Waals surface area contributed by atoms with Crippen LogP contribution in [-0.4, -0.2) is 48.3 Å². The van der Waals surface area contributed by atoms with E-state index in [0.29, 0.717) is 18.7 Å². The average Bonchev–Trinajstić information content (AvgIpc) is 2.80. The van der Waals surface area contributed by atoms with E-state index in [1.54, 1.807) is 23.2 Å². The van der Waals surface area contributed by atoms with Gasteiger partial charge in [-0.2, -0.15) is 0 Å². The lowest BCUT2D eigenvalue weighted by Gasteiger charge is -2.28. The molecule has 0 N–H and O–H groups in total. The number of hydrogen-bond acceptors (Lipinski definition) is 4. The van der Waals surface area contributed by atoms with Crippen LogP contribution in [0.2, 0.25) is 0 Å². The van der Waals surface area contributed by atoms with Gasteiger partial charge in [-0.1, -0.05) is 13.3 Å². The molecule has 1 atom stereocenters. The molecular formula is C14H19BrN2O3S. The van der Waals surface area contributed by atoms with Gasteiger partial charge in [0.1, 0.15) is 5.69 Å². The van der Waals surface area contributed by atoms with Gasteiger partial charge in [0, 0.05) is 23.3 Å². The molecular weight excluding hydrogens is 356 g/mol. The Labute approximate surface area is 133 Å². The second-order valence-electron chi connectivity index (χ2n) is 5.27. The predicted molar refractivity (Wildman–Crippen MR) is 84.9 cm³/mol. The van der Waals surface area contributed by atoms with Gasteiger partial charge in [0.15, 0.2) is 9.84 Å². The summed E-state index contributed by atoms with van der Waals surface area (Å²) in [5, 5.41) is 0. The van der Waals surface area contributed by atoms with Crippen LogP contribution >= 0.6 is 15.9 Å². The van der Waals surface area contributed by atoms with Crippen molar-refractivity contribution in [3.8, 4) is 0 Å². The fraction of sp³-hybridized carbons (Fsp3) is 0.571. The summed E-state index contributed by atoms with van der Waals surface area (Å²) in [6.45, 7) is 2.62. The fourth-order valence-corrected chi connectivity index (χ4v) is 4.41. The molecule has 116 valence electrons. The first-order valence-corrected chi connectivity index (χ1v) is 9.67. The summed E-state index contributed by atoms with van der Waals surface area (Å²) in [6, 6.07) is 3.21. The van der Waals surface area contributed by atoms with Gasteiger partial charge >= 0.3 is 0 Å². The van der Waals surface area contributed by atoms with Gasteiger partial charge in [0.05, 0.1) is 11.5 Å². The summed E-state index contributed by atoms with van der Waals surface area (Å²) in [6.07, 6.45) is 3.92. The molecule has 1 aliphatic heterocycles. The Morgan fingerprint density at radius 3 is 2.76 bits per heavy atom. The Morgan fingerprint density at radius 1 is 1.48 bits per heavy atom. The molecule has 5 nitrogen and oxygen atoms in total. The van der Waals surface area contributed by atoms with E-state index in [2.05, 4.69) is 20.9 Å².